The first-order chi connectivity index (χ1) is 14.1. The molecule has 2 heterocycles. The number of carbonyl (C=O) groups is 1. The lowest BCUT2D eigenvalue weighted by atomic mass is 10.0. The lowest BCUT2D eigenvalue weighted by Gasteiger charge is -2.33. The van der Waals surface area contributed by atoms with Gasteiger partial charge in [-0.15, -0.1) is 10.2 Å². The number of aromatic nitrogens is 3. The molecular formula is C22H25N5OS. The molecule has 1 amide bonds. The van der Waals surface area contributed by atoms with Gasteiger partial charge in [0.2, 0.25) is 11.1 Å². The van der Waals surface area contributed by atoms with Gasteiger partial charge in [-0.1, -0.05) is 61.2 Å². The second kappa shape index (κ2) is 8.29. The van der Waals surface area contributed by atoms with E-state index in [1.807, 2.05) is 67.1 Å². The van der Waals surface area contributed by atoms with Crippen molar-refractivity contribution < 1.29 is 4.79 Å². The minimum atomic E-state index is -0.372. The third-order valence-corrected chi connectivity index (χ3v) is 6.47. The first-order valence-corrected chi connectivity index (χ1v) is 10.8. The maximum Gasteiger partial charge on any atom is 0.240 e. The highest BCUT2D eigenvalue weighted by Crippen LogP contribution is 2.37. The standard InChI is InChI=1S/C22H25N5OS/c1-4-9-18-24-25-22-27(18)26-19(16-11-6-5-7-12-16)20(29-22)21(28)23-17-13-8-10-14(2)15(17)3/h5-8,10-13,19-20,26H,4,9H2,1-3H3,(H,23,28)/t19-,20+/m1/s1. The number of fused-ring (bicyclic) bond motifs is 1. The van der Waals surface area contributed by atoms with Crippen LogP contribution in [0, 0.1) is 13.8 Å². The molecule has 2 N–H and O–H groups in total. The zero-order valence-electron chi connectivity index (χ0n) is 16.8. The van der Waals surface area contributed by atoms with Gasteiger partial charge in [0.15, 0.2) is 5.82 Å². The van der Waals surface area contributed by atoms with E-state index in [1.54, 1.807) is 0 Å². The predicted octanol–water partition coefficient (Wildman–Crippen LogP) is 4.25. The van der Waals surface area contributed by atoms with Gasteiger partial charge in [-0.2, -0.15) is 0 Å². The number of rotatable bonds is 5. The molecule has 2 atom stereocenters. The van der Waals surface area contributed by atoms with Crippen molar-refractivity contribution in [3.8, 4) is 0 Å². The Morgan fingerprint density at radius 1 is 1.14 bits per heavy atom. The van der Waals surface area contributed by atoms with E-state index in [-0.39, 0.29) is 17.2 Å². The van der Waals surface area contributed by atoms with E-state index in [9.17, 15) is 4.79 Å². The topological polar surface area (TPSA) is 71.8 Å². The Kier molecular flexibility index (Phi) is 5.58. The number of aryl methyl sites for hydroxylation is 2. The molecule has 6 nitrogen and oxygen atoms in total. The Balaban J connectivity index is 1.67. The van der Waals surface area contributed by atoms with Crippen molar-refractivity contribution >= 4 is 23.4 Å². The summed E-state index contributed by atoms with van der Waals surface area (Å²) in [6.07, 6.45) is 1.82. The molecule has 0 bridgehead atoms. The number of benzene rings is 2. The van der Waals surface area contributed by atoms with Crippen LogP contribution in [-0.4, -0.2) is 26.0 Å². The molecule has 0 unspecified atom stereocenters. The van der Waals surface area contributed by atoms with E-state index >= 15 is 0 Å². The van der Waals surface area contributed by atoms with Gasteiger partial charge in [0.1, 0.15) is 5.25 Å². The van der Waals surface area contributed by atoms with E-state index in [4.69, 9.17) is 0 Å². The Labute approximate surface area is 175 Å². The fourth-order valence-corrected chi connectivity index (χ4v) is 4.58. The van der Waals surface area contributed by atoms with Crippen molar-refractivity contribution in [3.05, 3.63) is 71.0 Å². The summed E-state index contributed by atoms with van der Waals surface area (Å²) in [6, 6.07) is 15.8. The largest absolute Gasteiger partial charge is 0.325 e. The van der Waals surface area contributed by atoms with Crippen LogP contribution in [0.15, 0.2) is 53.7 Å². The summed E-state index contributed by atoms with van der Waals surface area (Å²) in [5.41, 5.74) is 7.64. The molecule has 1 aliphatic rings. The average molecular weight is 408 g/mol. The fraction of sp³-hybridized carbons (Fsp3) is 0.318. The third-order valence-electron chi connectivity index (χ3n) is 5.26. The predicted molar refractivity (Wildman–Crippen MR) is 117 cm³/mol. The minimum Gasteiger partial charge on any atom is -0.325 e. The highest BCUT2D eigenvalue weighted by atomic mass is 32.2. The van der Waals surface area contributed by atoms with Crippen molar-refractivity contribution in [2.24, 2.45) is 0 Å². The van der Waals surface area contributed by atoms with Crippen LogP contribution in [-0.2, 0) is 11.2 Å². The quantitative estimate of drug-likeness (QED) is 0.662. The van der Waals surface area contributed by atoms with Gasteiger partial charge in [0, 0.05) is 12.1 Å². The van der Waals surface area contributed by atoms with Crippen LogP contribution in [0.5, 0.6) is 0 Å². The summed E-state index contributed by atoms with van der Waals surface area (Å²) in [5, 5.41) is 12.1. The first kappa shape index (κ1) is 19.5. The van der Waals surface area contributed by atoms with Crippen LogP contribution in [0.2, 0.25) is 0 Å². The zero-order valence-corrected chi connectivity index (χ0v) is 17.7. The number of hydrogen-bond acceptors (Lipinski definition) is 5. The Morgan fingerprint density at radius 3 is 2.69 bits per heavy atom. The molecule has 0 fully saturated rings. The SMILES string of the molecule is CCCc1nnc2n1N[C@H](c1ccccc1)[C@@H](C(=O)Nc1cccc(C)c1C)S2. The van der Waals surface area contributed by atoms with Crippen molar-refractivity contribution in [1.29, 1.82) is 0 Å². The number of thioether (sulfide) groups is 1. The van der Waals surface area contributed by atoms with Crippen LogP contribution >= 0.6 is 11.8 Å². The number of carbonyl (C=O) groups excluding carboxylic acids is 1. The summed E-state index contributed by atoms with van der Waals surface area (Å²) in [5.74, 6) is 0.848. The highest BCUT2D eigenvalue weighted by Gasteiger charge is 2.37. The molecule has 4 rings (SSSR count). The van der Waals surface area contributed by atoms with Gasteiger partial charge in [-0.3, -0.25) is 4.79 Å². The maximum atomic E-state index is 13.3. The molecule has 0 radical (unpaired) electrons. The average Bonchev–Trinajstić information content (AvgIpc) is 3.13. The number of nitrogens with zero attached hydrogens (tertiary/aromatic N) is 3. The molecule has 0 saturated heterocycles. The molecule has 1 aliphatic heterocycles. The van der Waals surface area contributed by atoms with E-state index in [0.717, 1.165) is 46.2 Å². The summed E-state index contributed by atoms with van der Waals surface area (Å²) in [7, 11) is 0. The number of nitrogens with one attached hydrogen (secondary N) is 2. The van der Waals surface area contributed by atoms with Crippen LogP contribution in [0.4, 0.5) is 5.69 Å². The van der Waals surface area contributed by atoms with E-state index in [1.165, 1.54) is 11.8 Å². The number of hydrogen-bond donors (Lipinski definition) is 2. The molecule has 150 valence electrons. The summed E-state index contributed by atoms with van der Waals surface area (Å²) < 4.78 is 1.94. The summed E-state index contributed by atoms with van der Waals surface area (Å²) >= 11 is 1.46. The van der Waals surface area contributed by atoms with Gasteiger partial charge in [-0.25, -0.2) is 4.68 Å². The normalized spacial score (nSPS) is 18.0. The van der Waals surface area contributed by atoms with Crippen LogP contribution < -0.4 is 10.7 Å². The summed E-state index contributed by atoms with van der Waals surface area (Å²) in [4.78, 5) is 13.3. The van der Waals surface area contributed by atoms with Crippen LogP contribution in [0.3, 0.4) is 0 Å². The molecule has 1 aromatic heterocycles. The molecule has 2 aromatic carbocycles. The fourth-order valence-electron chi connectivity index (χ4n) is 3.49. The second-order valence-corrected chi connectivity index (χ2v) is 8.39. The molecule has 3 aromatic rings. The molecular weight excluding hydrogens is 382 g/mol. The molecule has 0 aliphatic carbocycles. The zero-order chi connectivity index (χ0) is 20.4. The first-order valence-electron chi connectivity index (χ1n) is 9.88. The smallest absolute Gasteiger partial charge is 0.240 e. The van der Waals surface area contributed by atoms with E-state index in [0.29, 0.717) is 0 Å². The maximum absolute atomic E-state index is 13.3. The van der Waals surface area contributed by atoms with E-state index < -0.39 is 0 Å². The van der Waals surface area contributed by atoms with Crippen molar-refractivity contribution in [3.63, 3.8) is 0 Å². The van der Waals surface area contributed by atoms with Crippen LogP contribution in [0.25, 0.3) is 0 Å². The molecule has 29 heavy (non-hydrogen) atoms. The number of anilines is 1. The van der Waals surface area contributed by atoms with E-state index in [2.05, 4.69) is 27.9 Å². The van der Waals surface area contributed by atoms with Gasteiger partial charge >= 0.3 is 0 Å². The molecule has 0 saturated carbocycles. The number of amides is 1. The monoisotopic (exact) mass is 407 g/mol. The van der Waals surface area contributed by atoms with Gasteiger partial charge < -0.3 is 10.7 Å². The lowest BCUT2D eigenvalue weighted by Crippen LogP contribution is -2.41. The highest BCUT2D eigenvalue weighted by molar-refractivity contribution is 8.00. The Morgan fingerprint density at radius 2 is 1.93 bits per heavy atom. The van der Waals surface area contributed by atoms with Crippen molar-refractivity contribution in [2.45, 2.75) is 50.1 Å². The van der Waals surface area contributed by atoms with Crippen LogP contribution in [0.1, 0.15) is 41.9 Å². The Hall–Kier alpha value is -2.80. The minimum absolute atomic E-state index is 0.0451. The molecule has 0 spiro atoms. The van der Waals surface area contributed by atoms with Gasteiger partial charge in [0.25, 0.3) is 0 Å². The van der Waals surface area contributed by atoms with Gasteiger partial charge in [0.05, 0.1) is 6.04 Å². The summed E-state index contributed by atoms with van der Waals surface area (Å²) in [6.45, 7) is 6.19. The Bertz CT molecular complexity index is 1020. The second-order valence-electron chi connectivity index (χ2n) is 7.28. The lowest BCUT2D eigenvalue weighted by molar-refractivity contribution is -0.116. The van der Waals surface area contributed by atoms with Crippen molar-refractivity contribution in [1.82, 2.24) is 14.9 Å². The van der Waals surface area contributed by atoms with Gasteiger partial charge in [-0.05, 0) is 43.0 Å². The molecule has 7 heteroatoms. The third kappa shape index (κ3) is 3.87. The van der Waals surface area contributed by atoms with Crippen molar-refractivity contribution in [2.75, 3.05) is 10.7 Å².